The highest BCUT2D eigenvalue weighted by Crippen LogP contribution is 2.27. The summed E-state index contributed by atoms with van der Waals surface area (Å²) in [5.41, 5.74) is 20.2. The SMILES string of the molecule is CC(C)(C)OC(=O)NCCCn1cc(N)cn1.CC(C)(C)OC(=O)NCCCn1cc(Nc2ncc3nnn(-c4ccc(OCCC(=O)O)cc4)c3n2)cn1.NCCCn1cc(Nc2ncc3nnn(-c4ccc(OCCC(=O)O)cc4)c3n2)cn1.O=C(O)CCOc1ccc(-n2nnc3cnc(Cl)nc32)cc1.O=C1CCOc2ccc(cc2)-n2nnc3cnc(nc32)Nc2cnn(c2)CCCN1. The summed E-state index contributed by atoms with van der Waals surface area (Å²) in [6, 6.07) is 28.4. The Morgan fingerprint density at radius 3 is 1.34 bits per heavy atom. The fraction of sp³-hybridized carbons (Fsp3) is 0.326. The maximum Gasteiger partial charge on any atom is 0.407 e. The molecule has 3 amide bonds. The quantitative estimate of drug-likeness (QED) is 0.0148. The van der Waals surface area contributed by atoms with Crippen LogP contribution in [0.15, 0.2) is 171 Å². The van der Waals surface area contributed by atoms with Crippen LogP contribution in [0.4, 0.5) is 50.2 Å². The second kappa shape index (κ2) is 47.4. The lowest BCUT2D eigenvalue weighted by Gasteiger charge is -2.19. The number of carboxylic acid groups (broad SMARTS) is 3. The summed E-state index contributed by atoms with van der Waals surface area (Å²) in [7, 11) is 0. The van der Waals surface area contributed by atoms with Crippen molar-refractivity contribution in [3.63, 3.8) is 0 Å². The van der Waals surface area contributed by atoms with Crippen LogP contribution in [0.1, 0.15) is 92.9 Å². The number of nitrogens with one attached hydrogen (secondary N) is 6. The molecule has 51 nitrogen and oxygen atoms in total. The summed E-state index contributed by atoms with van der Waals surface area (Å²) in [5, 5.41) is 93.6. The van der Waals surface area contributed by atoms with Gasteiger partial charge < -0.3 is 87.1 Å². The number of fused-ring (bicyclic) bond motifs is 12. The third kappa shape index (κ3) is 30.1. The molecule has 14 heterocycles. The van der Waals surface area contributed by atoms with Gasteiger partial charge in [0.25, 0.3) is 0 Å². The number of aryl methyl sites for hydroxylation is 4. The lowest BCUT2D eigenvalue weighted by molar-refractivity contribution is -0.138. The van der Waals surface area contributed by atoms with Crippen LogP contribution in [0.5, 0.6) is 23.0 Å². The molecular formula is C86H99ClN36O15. The van der Waals surface area contributed by atoms with E-state index in [1.165, 1.54) is 10.9 Å². The lowest BCUT2D eigenvalue weighted by atomic mass is 10.2. The van der Waals surface area contributed by atoms with E-state index in [0.29, 0.717) is 168 Å². The Morgan fingerprint density at radius 1 is 0.493 bits per heavy atom. The number of benzene rings is 4. The Balaban J connectivity index is 0.000000149. The maximum absolute atomic E-state index is 12.0. The van der Waals surface area contributed by atoms with E-state index in [2.05, 4.69) is 133 Å². The molecule has 720 valence electrons. The number of aliphatic carboxylic acids is 3. The predicted octanol–water partition coefficient (Wildman–Crippen LogP) is 8.81. The van der Waals surface area contributed by atoms with Gasteiger partial charge in [-0.25, -0.2) is 29.5 Å². The van der Waals surface area contributed by atoms with Crippen LogP contribution in [-0.2, 0) is 54.8 Å². The molecule has 52 heteroatoms. The van der Waals surface area contributed by atoms with E-state index in [-0.39, 0.29) is 50.3 Å². The Bertz CT molecular complexity index is 6730. The zero-order valence-electron chi connectivity index (χ0n) is 75.6. The van der Waals surface area contributed by atoms with E-state index in [0.717, 1.165) is 54.2 Å². The van der Waals surface area contributed by atoms with Gasteiger partial charge in [-0.05, 0) is 182 Å². The van der Waals surface area contributed by atoms with E-state index >= 15 is 0 Å². The number of hydrogen-bond donors (Lipinski definition) is 11. The van der Waals surface area contributed by atoms with Crippen LogP contribution < -0.4 is 62.3 Å². The molecule has 0 saturated carbocycles. The minimum absolute atomic E-state index is 0.0375. The average Bonchev–Trinajstić information content (AvgIpc) is 1.66. The number of aromatic nitrogens is 28. The Morgan fingerprint density at radius 2 is 0.906 bits per heavy atom. The molecule has 12 aromatic heterocycles. The Kier molecular flexibility index (Phi) is 33.7. The first-order valence-electron chi connectivity index (χ1n) is 43.2. The zero-order valence-corrected chi connectivity index (χ0v) is 76.4. The summed E-state index contributed by atoms with van der Waals surface area (Å²) < 4.78 is 45.6. The highest BCUT2D eigenvalue weighted by Gasteiger charge is 2.21. The molecule has 138 heavy (non-hydrogen) atoms. The maximum atomic E-state index is 12.0. The standard InChI is InChI=1S/C24H29N9O5.C19H21N9O3.C19H19N9O2.C13H10ClN5O3.C11H20N4O2/c1-24(2,3)38-23(36)25-10-4-11-32-15-16(13-27-32)28-22-26-14-19-21(29-22)33(31-30-19)17-5-7-18(8-6-17)37-12-9-20(34)35;20-7-1-8-27-12-13(10-22-27)23-19-21-11-16-18(24-19)28(26-25-16)14-2-4-15(5-3-14)31-9-6-17(29)30;29-17-6-9-30-15-4-2-14(3-5-15)28-18-16(25-26-28)11-21-19(24-18)23-13-10-22-27(12-13)8-1-7-20-17;14-13-15-7-10-12(16-13)19(18-17-10)8-1-3-9(4-2-8)22-6-5-11(20)21;1-11(2,3)17-10(16)13-5-4-6-15-8-9(12)7-14-15/h5-8,13-15H,4,9-12H2,1-3H3,(H,25,36)(H,34,35)(H,26,28,29);2-5,10-12H,1,6-9,20H2,(H,29,30)(H,21,23,24);2-5,10-12H,1,6-9H2,(H,20,29)(H,21,23,24);1-4,7H,5-6H2,(H,20,21);7-8H,4-6,12H2,1-3H3,(H,13,16). The van der Waals surface area contributed by atoms with Crippen molar-refractivity contribution in [1.82, 2.24) is 155 Å². The minimum atomic E-state index is -0.917. The number of nitrogens with zero attached hydrogens (tertiary/aromatic N) is 28. The second-order valence-corrected chi connectivity index (χ2v) is 32.2. The van der Waals surface area contributed by atoms with Gasteiger partial charge in [-0.3, -0.25) is 37.9 Å². The van der Waals surface area contributed by atoms with Crippen LogP contribution in [0, 0.1) is 0 Å². The van der Waals surface area contributed by atoms with Crippen LogP contribution in [0.2, 0.25) is 5.28 Å². The van der Waals surface area contributed by atoms with E-state index in [9.17, 15) is 28.8 Å². The molecule has 2 aliphatic rings. The number of alkyl carbamates (subject to hydrolysis) is 2. The number of nitrogen functional groups attached to an aromatic ring is 1. The summed E-state index contributed by atoms with van der Waals surface area (Å²) in [6.45, 7) is 16.5. The predicted molar refractivity (Wildman–Crippen MR) is 498 cm³/mol. The van der Waals surface area contributed by atoms with Gasteiger partial charge in [0.2, 0.25) is 29.0 Å². The Hall–Kier alpha value is -17.3. The van der Waals surface area contributed by atoms with Gasteiger partial charge in [-0.15, -0.1) is 20.4 Å². The van der Waals surface area contributed by atoms with Crippen LogP contribution >= 0.6 is 11.6 Å². The molecule has 0 aliphatic carbocycles. The van der Waals surface area contributed by atoms with Gasteiger partial charge >= 0.3 is 30.1 Å². The fourth-order valence-corrected chi connectivity index (χ4v) is 12.5. The number of amides is 3. The largest absolute Gasteiger partial charge is 0.493 e. The number of carbonyl (C=O) groups excluding carboxylic acids is 3. The minimum Gasteiger partial charge on any atom is -0.493 e. The van der Waals surface area contributed by atoms with Gasteiger partial charge in [0.05, 0.1) is 147 Å². The fourth-order valence-electron chi connectivity index (χ4n) is 12.4. The molecule has 0 spiro atoms. The van der Waals surface area contributed by atoms with E-state index < -0.39 is 41.3 Å². The number of hydrogen-bond acceptors (Lipinski definition) is 37. The van der Waals surface area contributed by atoms with Crippen LogP contribution in [-0.4, -0.2) is 254 Å². The molecule has 6 bridgehead atoms. The first kappa shape index (κ1) is 98.2. The molecule has 13 N–H and O–H groups in total. The number of anilines is 7. The molecule has 0 atom stereocenters. The van der Waals surface area contributed by atoms with Crippen molar-refractivity contribution in [2.45, 2.75) is 130 Å². The molecule has 16 aromatic rings. The number of carbonyl (C=O) groups is 6. The van der Waals surface area contributed by atoms with Crippen LogP contribution in [0.25, 0.3) is 67.4 Å². The molecule has 0 radical (unpaired) electrons. The third-order valence-electron chi connectivity index (χ3n) is 18.7. The number of nitrogens with two attached hydrogens (primary N) is 2. The summed E-state index contributed by atoms with van der Waals surface area (Å²) in [5.74, 6) is 0.769. The van der Waals surface area contributed by atoms with Gasteiger partial charge in [-0.1, -0.05) is 20.9 Å². The molecule has 4 aromatic carbocycles. The smallest absolute Gasteiger partial charge is 0.407 e. The van der Waals surface area contributed by atoms with E-state index in [4.69, 9.17) is 66.8 Å². The lowest BCUT2D eigenvalue weighted by Crippen LogP contribution is -2.33. The highest BCUT2D eigenvalue weighted by atomic mass is 35.5. The Labute approximate surface area is 789 Å². The van der Waals surface area contributed by atoms with Gasteiger partial charge in [0.15, 0.2) is 44.7 Å². The third-order valence-corrected chi connectivity index (χ3v) is 18.9. The van der Waals surface area contributed by atoms with Crippen molar-refractivity contribution in [2.75, 3.05) is 74.3 Å². The molecule has 0 saturated heterocycles. The van der Waals surface area contributed by atoms with Crippen molar-refractivity contribution in [3.8, 4) is 45.7 Å². The molecule has 0 fully saturated rings. The number of rotatable bonds is 30. The second-order valence-electron chi connectivity index (χ2n) is 31.9. The van der Waals surface area contributed by atoms with E-state index in [1.54, 1.807) is 155 Å². The van der Waals surface area contributed by atoms with E-state index in [1.807, 2.05) is 84.4 Å². The number of halogens is 1. The number of carboxylic acids is 3. The molecule has 2 aliphatic heterocycles. The number of ether oxygens (including phenoxy) is 6. The average molecular weight is 1910 g/mol. The van der Waals surface area contributed by atoms with Gasteiger partial charge in [0.1, 0.15) is 34.2 Å². The highest BCUT2D eigenvalue weighted by molar-refractivity contribution is 6.28. The van der Waals surface area contributed by atoms with Crippen LogP contribution in [0.3, 0.4) is 0 Å². The van der Waals surface area contributed by atoms with Crippen molar-refractivity contribution in [2.24, 2.45) is 5.73 Å². The van der Waals surface area contributed by atoms with Crippen molar-refractivity contribution in [1.29, 1.82) is 0 Å². The molecule has 0 unspecified atom stereocenters. The van der Waals surface area contributed by atoms with Gasteiger partial charge in [0, 0.05) is 70.6 Å². The molecule has 18 rings (SSSR count). The van der Waals surface area contributed by atoms with Crippen molar-refractivity contribution < 1.29 is 72.5 Å². The summed E-state index contributed by atoms with van der Waals surface area (Å²) >= 11 is 5.78. The topological polar surface area (TPSA) is 640 Å². The monoisotopic (exact) mass is 1910 g/mol. The first-order valence-corrected chi connectivity index (χ1v) is 43.6. The summed E-state index contributed by atoms with van der Waals surface area (Å²) in [6.07, 6.45) is 22.6. The van der Waals surface area contributed by atoms with Gasteiger partial charge in [-0.2, -0.15) is 59.1 Å². The normalized spacial score (nSPS) is 11.9. The molecular weight excluding hydrogens is 1810 g/mol. The first-order chi connectivity index (χ1) is 66.5. The van der Waals surface area contributed by atoms with Crippen molar-refractivity contribution >= 4 is 133 Å². The summed E-state index contributed by atoms with van der Waals surface area (Å²) in [4.78, 5) is 101. The van der Waals surface area contributed by atoms with Crippen molar-refractivity contribution in [3.05, 3.63) is 177 Å². The zero-order chi connectivity index (χ0) is 97.5.